The summed E-state index contributed by atoms with van der Waals surface area (Å²) < 4.78 is 0. The van der Waals surface area contributed by atoms with E-state index < -0.39 is 0 Å². The Kier molecular flexibility index (Phi) is 9.33. The van der Waals surface area contributed by atoms with Gasteiger partial charge < -0.3 is 10.6 Å². The predicted molar refractivity (Wildman–Crippen MR) is 117 cm³/mol. The van der Waals surface area contributed by atoms with E-state index in [1.807, 2.05) is 7.05 Å². The van der Waals surface area contributed by atoms with Crippen LogP contribution in [0.3, 0.4) is 0 Å². The highest BCUT2D eigenvalue weighted by Crippen LogP contribution is 2.40. The molecule has 1 aromatic rings. The molecule has 1 saturated carbocycles. The van der Waals surface area contributed by atoms with Gasteiger partial charge in [0.25, 0.3) is 0 Å². The Hall–Kier alpha value is -1.20. The Morgan fingerprint density at radius 3 is 2.50 bits per heavy atom. The Morgan fingerprint density at radius 1 is 1.15 bits per heavy atom. The molecule has 0 spiro atoms. The lowest BCUT2D eigenvalue weighted by Crippen LogP contribution is -2.37. The Bertz CT molecular complexity index is 581. The van der Waals surface area contributed by atoms with Gasteiger partial charge in [-0.2, -0.15) is 0 Å². The SMILES string of the molecule is C=Nc1sc2c(c1C(=NC)NC1CCCCC1)CCC2.CCCNCC. The largest absolute Gasteiger partial charge is 0.367 e. The molecule has 0 amide bonds. The van der Waals surface area contributed by atoms with Crippen LogP contribution < -0.4 is 10.6 Å². The number of aliphatic imine (C=N–C) groups is 2. The number of fused-ring (bicyclic) bond motifs is 1. The maximum absolute atomic E-state index is 4.54. The topological polar surface area (TPSA) is 48.8 Å². The number of rotatable bonds is 6. The van der Waals surface area contributed by atoms with Gasteiger partial charge in [-0.15, -0.1) is 11.3 Å². The molecule has 0 atom stereocenters. The van der Waals surface area contributed by atoms with Crippen molar-refractivity contribution < 1.29 is 0 Å². The molecular weight excluding hydrogens is 340 g/mol. The number of hydrogen-bond donors (Lipinski definition) is 2. The van der Waals surface area contributed by atoms with Crippen LogP contribution in [0.5, 0.6) is 0 Å². The molecule has 0 aromatic carbocycles. The van der Waals surface area contributed by atoms with E-state index in [0.717, 1.165) is 23.9 Å². The Balaban J connectivity index is 0.000000352. The standard InChI is InChI=1S/C16H23N3S.C5H13N/c1-17-15(19-11-7-4-3-5-8-11)14-12-9-6-10-13(12)20-16(14)18-2;1-3-5-6-4-2/h11H,2-10H2,1H3,(H,17,19);6H,3-5H2,1-2H3. The van der Waals surface area contributed by atoms with Crippen molar-refractivity contribution in [1.29, 1.82) is 0 Å². The van der Waals surface area contributed by atoms with Crippen LogP contribution >= 0.6 is 11.3 Å². The quantitative estimate of drug-likeness (QED) is 0.422. The van der Waals surface area contributed by atoms with Crippen LogP contribution in [0.4, 0.5) is 5.00 Å². The summed E-state index contributed by atoms with van der Waals surface area (Å²) in [6.07, 6.45) is 11.5. The second kappa shape index (κ2) is 11.5. The number of amidine groups is 1. The van der Waals surface area contributed by atoms with E-state index in [0.29, 0.717) is 6.04 Å². The Labute approximate surface area is 163 Å². The minimum absolute atomic E-state index is 0.581. The molecule has 3 rings (SSSR count). The van der Waals surface area contributed by atoms with Gasteiger partial charge in [-0.3, -0.25) is 9.98 Å². The van der Waals surface area contributed by atoms with Crippen molar-refractivity contribution in [2.75, 3.05) is 20.1 Å². The first-order valence-electron chi connectivity index (χ1n) is 10.3. The number of nitrogens with zero attached hydrogens (tertiary/aromatic N) is 2. The van der Waals surface area contributed by atoms with Gasteiger partial charge in [0, 0.05) is 18.0 Å². The van der Waals surface area contributed by atoms with Gasteiger partial charge in [0.1, 0.15) is 10.8 Å². The molecule has 0 saturated heterocycles. The molecule has 1 aromatic heterocycles. The molecule has 0 aliphatic heterocycles. The third-order valence-electron chi connectivity index (χ3n) is 5.13. The predicted octanol–water partition coefficient (Wildman–Crippen LogP) is 4.87. The molecule has 0 unspecified atom stereocenters. The smallest absolute Gasteiger partial charge is 0.131 e. The first-order valence-corrected chi connectivity index (χ1v) is 11.1. The number of nitrogens with one attached hydrogen (secondary N) is 2. The summed E-state index contributed by atoms with van der Waals surface area (Å²) >= 11 is 1.80. The van der Waals surface area contributed by atoms with Gasteiger partial charge in [-0.25, -0.2) is 0 Å². The fourth-order valence-corrected chi connectivity index (χ4v) is 4.98. The van der Waals surface area contributed by atoms with Crippen molar-refractivity contribution in [2.24, 2.45) is 9.98 Å². The zero-order valence-corrected chi connectivity index (χ0v) is 17.7. The number of thiophene rings is 1. The fourth-order valence-electron chi connectivity index (χ4n) is 3.79. The molecule has 146 valence electrons. The lowest BCUT2D eigenvalue weighted by molar-refractivity contribution is 0.413. The normalized spacial score (nSPS) is 17.4. The van der Waals surface area contributed by atoms with Crippen molar-refractivity contribution in [1.82, 2.24) is 10.6 Å². The van der Waals surface area contributed by atoms with E-state index in [1.54, 1.807) is 11.3 Å². The van der Waals surface area contributed by atoms with Crippen LogP contribution in [-0.2, 0) is 12.8 Å². The summed E-state index contributed by atoms with van der Waals surface area (Å²) in [5.74, 6) is 1.04. The van der Waals surface area contributed by atoms with E-state index in [2.05, 4.69) is 41.2 Å². The summed E-state index contributed by atoms with van der Waals surface area (Å²) in [6.45, 7) is 10.3. The van der Waals surface area contributed by atoms with Crippen LogP contribution in [0.15, 0.2) is 9.98 Å². The second-order valence-electron chi connectivity index (χ2n) is 7.10. The first-order chi connectivity index (χ1) is 12.7. The van der Waals surface area contributed by atoms with E-state index in [4.69, 9.17) is 0 Å². The molecular formula is C21H36N4S. The zero-order valence-electron chi connectivity index (χ0n) is 16.9. The third kappa shape index (κ3) is 5.65. The molecule has 5 heteroatoms. The minimum atomic E-state index is 0.581. The summed E-state index contributed by atoms with van der Waals surface area (Å²) in [6, 6.07) is 0.581. The molecule has 1 fully saturated rings. The summed E-state index contributed by atoms with van der Waals surface area (Å²) in [7, 11) is 1.89. The molecule has 2 N–H and O–H groups in total. The molecule has 2 aliphatic rings. The molecule has 0 bridgehead atoms. The van der Waals surface area contributed by atoms with Crippen molar-refractivity contribution in [3.8, 4) is 0 Å². The van der Waals surface area contributed by atoms with Gasteiger partial charge in [-0.1, -0.05) is 33.1 Å². The van der Waals surface area contributed by atoms with E-state index >= 15 is 0 Å². The van der Waals surface area contributed by atoms with E-state index in [-0.39, 0.29) is 0 Å². The van der Waals surface area contributed by atoms with Gasteiger partial charge in [0.15, 0.2) is 0 Å². The molecule has 26 heavy (non-hydrogen) atoms. The van der Waals surface area contributed by atoms with Crippen LogP contribution in [0.25, 0.3) is 0 Å². The highest BCUT2D eigenvalue weighted by atomic mass is 32.1. The van der Waals surface area contributed by atoms with Gasteiger partial charge in [-0.05, 0) is 63.9 Å². The van der Waals surface area contributed by atoms with Gasteiger partial charge in [0.2, 0.25) is 0 Å². The van der Waals surface area contributed by atoms with Crippen LogP contribution in [0.1, 0.15) is 74.8 Å². The third-order valence-corrected chi connectivity index (χ3v) is 6.35. The lowest BCUT2D eigenvalue weighted by atomic mass is 9.95. The summed E-state index contributed by atoms with van der Waals surface area (Å²) in [5, 5.41) is 7.93. The Morgan fingerprint density at radius 2 is 1.92 bits per heavy atom. The summed E-state index contributed by atoms with van der Waals surface area (Å²) in [4.78, 5) is 10.3. The second-order valence-corrected chi connectivity index (χ2v) is 8.18. The average Bonchev–Trinajstić information content (AvgIpc) is 3.26. The molecule has 4 nitrogen and oxygen atoms in total. The molecule has 0 radical (unpaired) electrons. The van der Waals surface area contributed by atoms with Crippen molar-refractivity contribution in [3.63, 3.8) is 0 Å². The van der Waals surface area contributed by atoms with Gasteiger partial charge in [0.05, 0.1) is 5.56 Å². The average molecular weight is 377 g/mol. The zero-order chi connectivity index (χ0) is 18.8. The molecule has 2 aliphatic carbocycles. The highest BCUT2D eigenvalue weighted by molar-refractivity contribution is 7.16. The molecule has 1 heterocycles. The van der Waals surface area contributed by atoms with E-state index in [9.17, 15) is 0 Å². The van der Waals surface area contributed by atoms with Crippen LogP contribution in [0, 0.1) is 0 Å². The van der Waals surface area contributed by atoms with Crippen molar-refractivity contribution >= 4 is 28.9 Å². The monoisotopic (exact) mass is 376 g/mol. The van der Waals surface area contributed by atoms with Crippen LogP contribution in [0.2, 0.25) is 0 Å². The van der Waals surface area contributed by atoms with E-state index in [1.165, 1.54) is 73.8 Å². The number of aryl methyl sites for hydroxylation is 1. The summed E-state index contributed by atoms with van der Waals surface area (Å²) in [5.41, 5.74) is 2.71. The lowest BCUT2D eigenvalue weighted by Gasteiger charge is -2.25. The fraction of sp³-hybridized carbons (Fsp3) is 0.714. The van der Waals surface area contributed by atoms with Crippen LogP contribution in [-0.4, -0.2) is 38.7 Å². The number of hydrogen-bond acceptors (Lipinski definition) is 4. The minimum Gasteiger partial charge on any atom is -0.367 e. The highest BCUT2D eigenvalue weighted by Gasteiger charge is 2.26. The van der Waals surface area contributed by atoms with Crippen molar-refractivity contribution in [3.05, 3.63) is 16.0 Å². The van der Waals surface area contributed by atoms with Gasteiger partial charge >= 0.3 is 0 Å². The maximum Gasteiger partial charge on any atom is 0.131 e. The maximum atomic E-state index is 4.54. The van der Waals surface area contributed by atoms with Crippen molar-refractivity contribution in [2.45, 2.75) is 77.7 Å². The first kappa shape index (κ1) is 21.1.